The van der Waals surface area contributed by atoms with Crippen LogP contribution in [0.1, 0.15) is 36.8 Å². The Balaban J connectivity index is 1.72. The highest BCUT2D eigenvalue weighted by Crippen LogP contribution is 2.54. The molecule has 1 aromatic carbocycles. The first-order valence-corrected chi connectivity index (χ1v) is 8.12. The number of amides is 2. The quantitative estimate of drug-likeness (QED) is 0.647. The van der Waals surface area contributed by atoms with Crippen LogP contribution in [0, 0.1) is 0 Å². The predicted molar refractivity (Wildman–Crippen MR) is 83.5 cm³/mol. The Kier molecular flexibility index (Phi) is 2.83. The summed E-state index contributed by atoms with van der Waals surface area (Å²) in [6.45, 7) is 0. The number of fused-ring (bicyclic) bond motifs is 1. The van der Waals surface area contributed by atoms with Gasteiger partial charge in [-0.1, -0.05) is 12.1 Å². The van der Waals surface area contributed by atoms with Gasteiger partial charge in [-0.25, -0.2) is 0 Å². The van der Waals surface area contributed by atoms with E-state index in [-0.39, 0.29) is 23.4 Å². The third-order valence-electron chi connectivity index (χ3n) is 4.97. The van der Waals surface area contributed by atoms with E-state index in [1.54, 1.807) is 0 Å². The summed E-state index contributed by atoms with van der Waals surface area (Å²) >= 11 is 4.34. The number of piperidine rings is 1. The summed E-state index contributed by atoms with van der Waals surface area (Å²) in [7, 11) is 0. The number of thiol groups is 1. The SMILES string of the molecule is O=C1CCC(N2c3ccc(CS)cc3CC23CC3)C(=O)N1. The van der Waals surface area contributed by atoms with Crippen molar-refractivity contribution in [2.45, 2.75) is 49.4 Å². The number of carbonyl (C=O) groups excluding carboxylic acids is 2. The van der Waals surface area contributed by atoms with Crippen LogP contribution in [0.3, 0.4) is 0 Å². The lowest BCUT2D eigenvalue weighted by atomic mass is 10.0. The molecule has 0 bridgehead atoms. The molecule has 21 heavy (non-hydrogen) atoms. The van der Waals surface area contributed by atoms with E-state index >= 15 is 0 Å². The van der Waals surface area contributed by atoms with E-state index in [0.29, 0.717) is 12.8 Å². The van der Waals surface area contributed by atoms with Gasteiger partial charge in [0.1, 0.15) is 6.04 Å². The fraction of sp³-hybridized carbons (Fsp3) is 0.500. The van der Waals surface area contributed by atoms with Crippen molar-refractivity contribution >= 4 is 30.1 Å². The van der Waals surface area contributed by atoms with E-state index in [2.05, 4.69) is 41.0 Å². The molecule has 1 spiro atoms. The summed E-state index contributed by atoms with van der Waals surface area (Å²) < 4.78 is 0. The van der Waals surface area contributed by atoms with E-state index < -0.39 is 0 Å². The molecule has 1 atom stereocenters. The third-order valence-corrected chi connectivity index (χ3v) is 5.33. The van der Waals surface area contributed by atoms with Gasteiger partial charge in [0, 0.05) is 23.4 Å². The topological polar surface area (TPSA) is 49.4 Å². The molecule has 5 heteroatoms. The van der Waals surface area contributed by atoms with Crippen LogP contribution in [0.15, 0.2) is 18.2 Å². The van der Waals surface area contributed by atoms with Crippen LogP contribution in [0.5, 0.6) is 0 Å². The largest absolute Gasteiger partial charge is 0.353 e. The Bertz CT molecular complexity index is 639. The molecule has 110 valence electrons. The summed E-state index contributed by atoms with van der Waals surface area (Å²) in [6.07, 6.45) is 4.35. The van der Waals surface area contributed by atoms with Crippen molar-refractivity contribution in [3.63, 3.8) is 0 Å². The highest BCUT2D eigenvalue weighted by atomic mass is 32.1. The molecule has 1 aliphatic carbocycles. The fourth-order valence-corrected chi connectivity index (χ4v) is 3.99. The molecule has 2 aliphatic heterocycles. The van der Waals surface area contributed by atoms with Gasteiger partial charge in [-0.2, -0.15) is 12.6 Å². The molecular formula is C16H18N2O2S. The Morgan fingerprint density at radius 1 is 1.33 bits per heavy atom. The second-order valence-electron chi connectivity index (χ2n) is 6.36. The van der Waals surface area contributed by atoms with Gasteiger partial charge in [-0.15, -0.1) is 0 Å². The number of benzene rings is 1. The van der Waals surface area contributed by atoms with E-state index in [1.807, 2.05) is 0 Å². The van der Waals surface area contributed by atoms with Crippen molar-refractivity contribution in [3.05, 3.63) is 29.3 Å². The zero-order valence-electron chi connectivity index (χ0n) is 11.8. The van der Waals surface area contributed by atoms with E-state index in [9.17, 15) is 9.59 Å². The second kappa shape index (κ2) is 4.50. The molecule has 1 unspecified atom stereocenters. The van der Waals surface area contributed by atoms with Crippen molar-refractivity contribution in [2.24, 2.45) is 0 Å². The first-order chi connectivity index (χ1) is 10.1. The minimum Gasteiger partial charge on any atom is -0.353 e. The van der Waals surface area contributed by atoms with Crippen molar-refractivity contribution < 1.29 is 9.59 Å². The number of hydrogen-bond donors (Lipinski definition) is 2. The summed E-state index contributed by atoms with van der Waals surface area (Å²) in [4.78, 5) is 25.9. The molecule has 3 aliphatic rings. The normalized spacial score (nSPS) is 26.0. The Morgan fingerprint density at radius 2 is 2.14 bits per heavy atom. The molecule has 1 N–H and O–H groups in total. The number of nitrogens with zero attached hydrogens (tertiary/aromatic N) is 1. The minimum absolute atomic E-state index is 0.125. The maximum atomic E-state index is 12.3. The zero-order valence-corrected chi connectivity index (χ0v) is 12.7. The molecule has 4 rings (SSSR count). The van der Waals surface area contributed by atoms with Crippen LogP contribution in [-0.2, 0) is 21.8 Å². The van der Waals surface area contributed by atoms with Gasteiger partial charge in [-0.05, 0) is 42.9 Å². The van der Waals surface area contributed by atoms with E-state index in [4.69, 9.17) is 0 Å². The van der Waals surface area contributed by atoms with Crippen LogP contribution in [0.25, 0.3) is 0 Å². The maximum absolute atomic E-state index is 12.3. The minimum atomic E-state index is -0.201. The number of nitrogens with one attached hydrogen (secondary N) is 1. The molecule has 1 aromatic rings. The zero-order chi connectivity index (χ0) is 14.6. The number of imide groups is 1. The van der Waals surface area contributed by atoms with Gasteiger partial charge in [-0.3, -0.25) is 14.9 Å². The highest BCUT2D eigenvalue weighted by molar-refractivity contribution is 7.79. The monoisotopic (exact) mass is 302 g/mol. The Hall–Kier alpha value is -1.49. The first-order valence-electron chi connectivity index (χ1n) is 7.49. The summed E-state index contributed by atoms with van der Waals surface area (Å²) in [6, 6.07) is 6.23. The van der Waals surface area contributed by atoms with Crippen molar-refractivity contribution in [2.75, 3.05) is 4.90 Å². The average Bonchev–Trinajstić information content (AvgIpc) is 3.15. The van der Waals surface area contributed by atoms with Crippen molar-refractivity contribution in [1.82, 2.24) is 5.32 Å². The number of rotatable bonds is 2. The number of carbonyl (C=O) groups is 2. The van der Waals surface area contributed by atoms with Crippen LogP contribution in [0.4, 0.5) is 5.69 Å². The van der Waals surface area contributed by atoms with Gasteiger partial charge < -0.3 is 4.90 Å². The number of anilines is 1. The Morgan fingerprint density at radius 3 is 2.81 bits per heavy atom. The molecule has 0 radical (unpaired) electrons. The summed E-state index contributed by atoms with van der Waals surface area (Å²) in [5.74, 6) is 0.452. The third kappa shape index (κ3) is 1.98. The fourth-order valence-electron chi connectivity index (χ4n) is 3.80. The molecular weight excluding hydrogens is 284 g/mol. The van der Waals surface area contributed by atoms with Gasteiger partial charge in [0.25, 0.3) is 0 Å². The Labute approximate surface area is 129 Å². The van der Waals surface area contributed by atoms with Crippen LogP contribution in [0.2, 0.25) is 0 Å². The van der Waals surface area contributed by atoms with E-state index in [1.165, 1.54) is 16.8 Å². The highest BCUT2D eigenvalue weighted by Gasteiger charge is 2.56. The second-order valence-corrected chi connectivity index (χ2v) is 6.68. The molecule has 0 aromatic heterocycles. The predicted octanol–water partition coefficient (Wildman–Crippen LogP) is 1.82. The number of hydrogen-bond acceptors (Lipinski definition) is 4. The molecule has 4 nitrogen and oxygen atoms in total. The van der Waals surface area contributed by atoms with Crippen LogP contribution < -0.4 is 10.2 Å². The lowest BCUT2D eigenvalue weighted by molar-refractivity contribution is -0.134. The first kappa shape index (κ1) is 13.2. The molecule has 1 saturated carbocycles. The lowest BCUT2D eigenvalue weighted by Gasteiger charge is -2.36. The average molecular weight is 302 g/mol. The van der Waals surface area contributed by atoms with E-state index in [0.717, 1.165) is 25.0 Å². The molecule has 2 fully saturated rings. The molecule has 2 amide bonds. The lowest BCUT2D eigenvalue weighted by Crippen LogP contribution is -2.55. The van der Waals surface area contributed by atoms with Crippen LogP contribution in [-0.4, -0.2) is 23.4 Å². The summed E-state index contributed by atoms with van der Waals surface area (Å²) in [5.41, 5.74) is 3.84. The van der Waals surface area contributed by atoms with Gasteiger partial charge in [0.05, 0.1) is 0 Å². The smallest absolute Gasteiger partial charge is 0.249 e. The maximum Gasteiger partial charge on any atom is 0.249 e. The van der Waals surface area contributed by atoms with Crippen molar-refractivity contribution in [3.8, 4) is 0 Å². The summed E-state index contributed by atoms with van der Waals surface area (Å²) in [5, 5.41) is 2.49. The molecule has 2 heterocycles. The van der Waals surface area contributed by atoms with Crippen LogP contribution >= 0.6 is 12.6 Å². The van der Waals surface area contributed by atoms with Gasteiger partial charge >= 0.3 is 0 Å². The van der Waals surface area contributed by atoms with Gasteiger partial charge in [0.2, 0.25) is 11.8 Å². The molecule has 1 saturated heterocycles. The standard InChI is InChI=1S/C16H18N2O2S/c19-14-4-3-13(15(20)17-14)18-12-2-1-10(9-21)7-11(12)8-16(18)5-6-16/h1-2,7,13,21H,3-6,8-9H2,(H,17,19,20). The van der Waals surface area contributed by atoms with Crippen molar-refractivity contribution in [1.29, 1.82) is 0 Å². The van der Waals surface area contributed by atoms with Gasteiger partial charge in [0.15, 0.2) is 0 Å².